The summed E-state index contributed by atoms with van der Waals surface area (Å²) in [5.41, 5.74) is 0.850. The van der Waals surface area contributed by atoms with Gasteiger partial charge in [0.25, 0.3) is 0 Å². The van der Waals surface area contributed by atoms with E-state index in [1.54, 1.807) is 22.5 Å². The van der Waals surface area contributed by atoms with E-state index in [0.717, 1.165) is 43.2 Å². The molecule has 0 radical (unpaired) electrons. The fraction of sp³-hybridized carbons (Fsp3) is 0.526. The Bertz CT molecular complexity index is 926. The van der Waals surface area contributed by atoms with Crippen molar-refractivity contribution in [2.45, 2.75) is 43.2 Å². The summed E-state index contributed by atoms with van der Waals surface area (Å²) in [4.78, 5) is 12.5. The summed E-state index contributed by atoms with van der Waals surface area (Å²) in [6.45, 7) is 2.69. The van der Waals surface area contributed by atoms with Crippen LogP contribution in [0, 0.1) is 0 Å². The number of rotatable bonds is 6. The van der Waals surface area contributed by atoms with Gasteiger partial charge in [-0.1, -0.05) is 0 Å². The number of benzene rings is 1. The predicted octanol–water partition coefficient (Wildman–Crippen LogP) is 1.72. The summed E-state index contributed by atoms with van der Waals surface area (Å²) >= 11 is 0. The van der Waals surface area contributed by atoms with Gasteiger partial charge in [-0.3, -0.25) is 4.79 Å². The van der Waals surface area contributed by atoms with Gasteiger partial charge in [0.2, 0.25) is 15.9 Å². The molecule has 2 fully saturated rings. The lowest BCUT2D eigenvalue weighted by molar-refractivity contribution is -0.122. The normalized spacial score (nSPS) is 21.1. The van der Waals surface area contributed by atoms with Gasteiger partial charge in [-0.2, -0.15) is 4.31 Å². The molecule has 1 N–H and O–H groups in total. The zero-order valence-electron chi connectivity index (χ0n) is 15.3. The summed E-state index contributed by atoms with van der Waals surface area (Å²) in [6, 6.07) is 6.97. The fourth-order valence-corrected chi connectivity index (χ4v) is 5.35. The van der Waals surface area contributed by atoms with Crippen LogP contribution in [-0.2, 0) is 26.1 Å². The van der Waals surface area contributed by atoms with Crippen molar-refractivity contribution < 1.29 is 17.9 Å². The first-order valence-electron chi connectivity index (χ1n) is 9.51. The number of hydrogen-bond donors (Lipinski definition) is 1. The van der Waals surface area contributed by atoms with Crippen LogP contribution < -0.4 is 5.32 Å². The number of aromatic nitrogens is 1. The quantitative estimate of drug-likeness (QED) is 0.813. The Balaban J connectivity index is 1.46. The molecule has 2 saturated heterocycles. The molecule has 3 heterocycles. The Morgan fingerprint density at radius 1 is 1.19 bits per heavy atom. The maximum absolute atomic E-state index is 12.7. The maximum Gasteiger partial charge on any atom is 0.243 e. The van der Waals surface area contributed by atoms with Gasteiger partial charge >= 0.3 is 0 Å². The molecule has 2 aromatic rings. The molecule has 27 heavy (non-hydrogen) atoms. The third-order valence-electron chi connectivity index (χ3n) is 5.31. The van der Waals surface area contributed by atoms with E-state index in [9.17, 15) is 13.2 Å². The van der Waals surface area contributed by atoms with Crippen LogP contribution in [0.25, 0.3) is 10.9 Å². The van der Waals surface area contributed by atoms with Gasteiger partial charge < -0.3 is 14.6 Å². The molecule has 8 heteroatoms. The van der Waals surface area contributed by atoms with Crippen LogP contribution >= 0.6 is 0 Å². The largest absolute Gasteiger partial charge is 0.376 e. The van der Waals surface area contributed by atoms with Gasteiger partial charge in [0.15, 0.2) is 0 Å². The number of nitrogens with one attached hydrogen (secondary N) is 1. The number of sulfonamides is 1. The molecule has 1 aromatic carbocycles. The zero-order valence-corrected chi connectivity index (χ0v) is 16.1. The number of ether oxygens (including phenoxy) is 1. The second-order valence-electron chi connectivity index (χ2n) is 7.21. The highest BCUT2D eigenvalue weighted by Crippen LogP contribution is 2.25. The average Bonchev–Trinajstić information content (AvgIpc) is 3.41. The van der Waals surface area contributed by atoms with E-state index < -0.39 is 10.0 Å². The second kappa shape index (κ2) is 7.61. The number of fused-ring (bicyclic) bond motifs is 1. The standard InChI is InChI=1S/C19H25N3O4S/c23-19(20-13-16-4-3-11-26-16)14-21-10-7-15-12-17(5-6-18(15)21)27(24,25)22-8-1-2-9-22/h5-7,10,12,16H,1-4,8-9,11,13-14H2,(H,20,23). The first-order chi connectivity index (χ1) is 13.0. The van der Waals surface area contributed by atoms with Crippen LogP contribution in [0.3, 0.4) is 0 Å². The number of amides is 1. The van der Waals surface area contributed by atoms with Gasteiger partial charge in [-0.15, -0.1) is 0 Å². The molecular weight excluding hydrogens is 366 g/mol. The summed E-state index contributed by atoms with van der Waals surface area (Å²) < 4.78 is 34.3. The Labute approximate surface area is 159 Å². The zero-order chi connectivity index (χ0) is 18.9. The molecule has 0 bridgehead atoms. The van der Waals surface area contributed by atoms with Crippen LogP contribution in [0.15, 0.2) is 35.4 Å². The first-order valence-corrected chi connectivity index (χ1v) is 11.0. The van der Waals surface area contributed by atoms with Crippen molar-refractivity contribution in [3.05, 3.63) is 30.5 Å². The molecule has 0 saturated carbocycles. The van der Waals surface area contributed by atoms with Crippen molar-refractivity contribution in [2.24, 2.45) is 0 Å². The van der Waals surface area contributed by atoms with Gasteiger partial charge in [0, 0.05) is 43.3 Å². The molecule has 146 valence electrons. The summed E-state index contributed by atoms with van der Waals surface area (Å²) in [6.07, 6.45) is 5.81. The Hall–Kier alpha value is -1.90. The highest BCUT2D eigenvalue weighted by Gasteiger charge is 2.27. The maximum atomic E-state index is 12.7. The number of hydrogen-bond acceptors (Lipinski definition) is 4. The van der Waals surface area contributed by atoms with Crippen molar-refractivity contribution in [1.82, 2.24) is 14.2 Å². The lowest BCUT2D eigenvalue weighted by atomic mass is 10.2. The third kappa shape index (κ3) is 3.88. The average molecular weight is 391 g/mol. The minimum Gasteiger partial charge on any atom is -0.376 e. The molecule has 4 rings (SSSR count). The van der Waals surface area contributed by atoms with E-state index >= 15 is 0 Å². The molecule has 1 aromatic heterocycles. The first kappa shape index (κ1) is 18.5. The third-order valence-corrected chi connectivity index (χ3v) is 7.20. The lowest BCUT2D eigenvalue weighted by Crippen LogP contribution is -2.34. The van der Waals surface area contributed by atoms with E-state index in [0.29, 0.717) is 24.5 Å². The number of nitrogens with zero attached hydrogens (tertiary/aromatic N) is 2. The Morgan fingerprint density at radius 2 is 2.00 bits per heavy atom. The highest BCUT2D eigenvalue weighted by molar-refractivity contribution is 7.89. The lowest BCUT2D eigenvalue weighted by Gasteiger charge is -2.15. The van der Waals surface area contributed by atoms with Crippen LogP contribution in [0.5, 0.6) is 0 Å². The van der Waals surface area contributed by atoms with E-state index in [1.807, 2.05) is 16.8 Å². The van der Waals surface area contributed by atoms with Crippen LogP contribution in [0.2, 0.25) is 0 Å². The van der Waals surface area contributed by atoms with Crippen LogP contribution in [0.4, 0.5) is 0 Å². The molecule has 1 amide bonds. The molecule has 0 aliphatic carbocycles. The molecule has 1 unspecified atom stereocenters. The smallest absolute Gasteiger partial charge is 0.243 e. The number of carbonyl (C=O) groups excluding carboxylic acids is 1. The van der Waals surface area contributed by atoms with Crippen molar-refractivity contribution in [3.8, 4) is 0 Å². The highest BCUT2D eigenvalue weighted by atomic mass is 32.2. The Kier molecular flexibility index (Phi) is 5.21. The molecule has 2 aliphatic heterocycles. The SMILES string of the molecule is O=C(Cn1ccc2cc(S(=O)(=O)N3CCCC3)ccc21)NCC1CCCO1. The molecule has 7 nitrogen and oxygen atoms in total. The van der Waals surface area contributed by atoms with E-state index in [2.05, 4.69) is 5.32 Å². The molecule has 1 atom stereocenters. The minimum atomic E-state index is -3.43. The second-order valence-corrected chi connectivity index (χ2v) is 9.15. The van der Waals surface area contributed by atoms with Crippen molar-refractivity contribution >= 4 is 26.8 Å². The fourth-order valence-electron chi connectivity index (χ4n) is 3.80. The molecule has 0 spiro atoms. The van der Waals surface area contributed by atoms with Crippen molar-refractivity contribution in [1.29, 1.82) is 0 Å². The van der Waals surface area contributed by atoms with E-state index in [4.69, 9.17) is 4.74 Å². The van der Waals surface area contributed by atoms with Crippen molar-refractivity contribution in [2.75, 3.05) is 26.2 Å². The van der Waals surface area contributed by atoms with Gasteiger partial charge in [-0.25, -0.2) is 8.42 Å². The predicted molar refractivity (Wildman–Crippen MR) is 102 cm³/mol. The monoisotopic (exact) mass is 391 g/mol. The van der Waals surface area contributed by atoms with Crippen LogP contribution in [0.1, 0.15) is 25.7 Å². The summed E-state index contributed by atoms with van der Waals surface area (Å²) in [7, 11) is -3.43. The minimum absolute atomic E-state index is 0.0724. The van der Waals surface area contributed by atoms with Gasteiger partial charge in [0.1, 0.15) is 6.54 Å². The topological polar surface area (TPSA) is 80.6 Å². The van der Waals surface area contributed by atoms with E-state index in [1.165, 1.54) is 0 Å². The number of carbonyl (C=O) groups is 1. The van der Waals surface area contributed by atoms with E-state index in [-0.39, 0.29) is 18.6 Å². The Morgan fingerprint density at radius 3 is 2.74 bits per heavy atom. The van der Waals surface area contributed by atoms with Gasteiger partial charge in [0.05, 0.1) is 11.0 Å². The van der Waals surface area contributed by atoms with Crippen molar-refractivity contribution in [3.63, 3.8) is 0 Å². The summed E-state index contributed by atoms with van der Waals surface area (Å²) in [5.74, 6) is -0.0724. The molecular formula is C19H25N3O4S. The molecule has 2 aliphatic rings. The van der Waals surface area contributed by atoms with Gasteiger partial charge in [-0.05, 0) is 49.9 Å². The summed E-state index contributed by atoms with van der Waals surface area (Å²) in [5, 5.41) is 3.73. The van der Waals surface area contributed by atoms with Crippen LogP contribution in [-0.4, -0.2) is 55.5 Å².